The number of hydrogen-bond donors (Lipinski definition) is 1. The van der Waals surface area contributed by atoms with E-state index in [1.165, 1.54) is 0 Å². The number of carbonyl (C=O) groups excluding carboxylic acids is 1. The monoisotopic (exact) mass is 268 g/mol. The maximum absolute atomic E-state index is 12.2. The summed E-state index contributed by atoms with van der Waals surface area (Å²) in [6, 6.07) is 3.69. The topological polar surface area (TPSA) is 55.6 Å². The number of nitrogens with two attached hydrogens (primary N) is 1. The van der Waals surface area contributed by atoms with Crippen LogP contribution in [-0.2, 0) is 10.2 Å². The molecule has 2 rings (SSSR count). The van der Waals surface area contributed by atoms with E-state index in [0.717, 1.165) is 29.0 Å². The molecule has 0 spiro atoms. The quantitative estimate of drug-likeness (QED) is 0.518. The number of methoxy groups -OCH3 is 1. The van der Waals surface area contributed by atoms with Gasteiger partial charge in [-0.15, -0.1) is 0 Å². The molecule has 1 amide bonds. The van der Waals surface area contributed by atoms with Gasteiger partial charge in [0.2, 0.25) is 5.91 Å². The van der Waals surface area contributed by atoms with E-state index in [4.69, 9.17) is 22.2 Å². The van der Waals surface area contributed by atoms with Crippen LogP contribution in [0.3, 0.4) is 0 Å². The molecule has 0 radical (unpaired) electrons. The number of ether oxygens (including phenoxy) is 1. The molecule has 1 aromatic carbocycles. The van der Waals surface area contributed by atoms with Gasteiger partial charge in [0.1, 0.15) is 5.75 Å². The first-order chi connectivity index (χ1) is 8.42. The zero-order valence-corrected chi connectivity index (χ0v) is 11.5. The number of halogens is 1. The zero-order chi connectivity index (χ0) is 13.5. The normalized spacial score (nSPS) is 16.3. The highest BCUT2D eigenvalue weighted by Crippen LogP contribution is 2.51. The molecule has 4 nitrogen and oxygen atoms in total. The van der Waals surface area contributed by atoms with Crippen LogP contribution in [0.2, 0.25) is 5.02 Å². The third-order valence-corrected chi connectivity index (χ3v) is 3.79. The molecule has 0 bridgehead atoms. The maximum Gasteiger partial charge on any atom is 0.246 e. The molecule has 1 saturated carbocycles. The van der Waals surface area contributed by atoms with Gasteiger partial charge in [0.25, 0.3) is 0 Å². The van der Waals surface area contributed by atoms with Gasteiger partial charge in [-0.25, -0.2) is 5.84 Å². The number of benzene rings is 1. The molecule has 1 aromatic rings. The van der Waals surface area contributed by atoms with Crippen molar-refractivity contribution in [2.24, 2.45) is 5.84 Å². The minimum absolute atomic E-state index is 0.0631. The third-order valence-electron chi connectivity index (χ3n) is 3.49. The van der Waals surface area contributed by atoms with Crippen LogP contribution in [0.1, 0.15) is 24.0 Å². The molecule has 1 aliphatic rings. The first-order valence-electron chi connectivity index (χ1n) is 5.80. The summed E-state index contributed by atoms with van der Waals surface area (Å²) in [4.78, 5) is 12.2. The van der Waals surface area contributed by atoms with Gasteiger partial charge in [0, 0.05) is 7.05 Å². The average Bonchev–Trinajstić information content (AvgIpc) is 3.11. The SMILES string of the molecule is COc1cc(C)c(C2(C(=O)N(C)N)CC2)cc1Cl. The molecular weight excluding hydrogens is 252 g/mol. The van der Waals surface area contributed by atoms with Crippen LogP contribution < -0.4 is 10.6 Å². The number of likely N-dealkylation sites (N-methyl/N-ethyl adjacent to an activating group) is 1. The summed E-state index contributed by atoms with van der Waals surface area (Å²) in [5, 5.41) is 1.68. The zero-order valence-electron chi connectivity index (χ0n) is 10.8. The number of hydrazine groups is 1. The number of amides is 1. The summed E-state index contributed by atoms with van der Waals surface area (Å²) in [5.41, 5.74) is 1.48. The maximum atomic E-state index is 12.2. The van der Waals surface area contributed by atoms with Crippen molar-refractivity contribution < 1.29 is 9.53 Å². The van der Waals surface area contributed by atoms with Gasteiger partial charge in [-0.1, -0.05) is 11.6 Å². The van der Waals surface area contributed by atoms with Crippen LogP contribution in [0.15, 0.2) is 12.1 Å². The highest BCUT2D eigenvalue weighted by molar-refractivity contribution is 6.32. The molecule has 1 aliphatic carbocycles. The van der Waals surface area contributed by atoms with Crippen molar-refractivity contribution in [3.8, 4) is 5.75 Å². The molecule has 2 N–H and O–H groups in total. The lowest BCUT2D eigenvalue weighted by Gasteiger charge is -2.22. The smallest absolute Gasteiger partial charge is 0.246 e. The molecule has 98 valence electrons. The Hall–Kier alpha value is -1.26. The number of carbonyl (C=O) groups is 1. The molecular formula is C13H17ClN2O2. The molecule has 1 fully saturated rings. The fraction of sp³-hybridized carbons (Fsp3) is 0.462. The van der Waals surface area contributed by atoms with E-state index in [2.05, 4.69) is 0 Å². The Morgan fingerprint density at radius 3 is 2.56 bits per heavy atom. The van der Waals surface area contributed by atoms with Crippen molar-refractivity contribution in [2.75, 3.05) is 14.2 Å². The van der Waals surface area contributed by atoms with Crippen molar-refractivity contribution in [1.82, 2.24) is 5.01 Å². The Morgan fingerprint density at radius 1 is 1.50 bits per heavy atom. The van der Waals surface area contributed by atoms with Crippen LogP contribution in [0.25, 0.3) is 0 Å². The van der Waals surface area contributed by atoms with Gasteiger partial charge in [-0.3, -0.25) is 9.80 Å². The molecule has 0 atom stereocenters. The largest absolute Gasteiger partial charge is 0.495 e. The summed E-state index contributed by atoms with van der Waals surface area (Å²) in [6.07, 6.45) is 1.63. The Bertz CT molecular complexity index is 496. The number of rotatable bonds is 3. The Morgan fingerprint density at radius 2 is 2.11 bits per heavy atom. The molecule has 0 aromatic heterocycles. The lowest BCUT2D eigenvalue weighted by atomic mass is 9.90. The third kappa shape index (κ3) is 1.95. The Balaban J connectivity index is 2.46. The number of aryl methyl sites for hydroxylation is 1. The van der Waals surface area contributed by atoms with Crippen LogP contribution >= 0.6 is 11.6 Å². The van der Waals surface area contributed by atoms with E-state index < -0.39 is 5.41 Å². The van der Waals surface area contributed by atoms with Crippen molar-refractivity contribution in [2.45, 2.75) is 25.2 Å². The minimum atomic E-state index is -0.483. The standard InChI is InChI=1S/C13H17ClN2O2/c1-8-6-11(18-3)10(14)7-9(8)13(4-5-13)12(17)16(2)15/h6-7H,4-5,15H2,1-3H3. The van der Waals surface area contributed by atoms with Gasteiger partial charge in [-0.05, 0) is 43.0 Å². The summed E-state index contributed by atoms with van der Waals surface area (Å²) < 4.78 is 5.17. The minimum Gasteiger partial charge on any atom is -0.495 e. The van der Waals surface area contributed by atoms with Gasteiger partial charge in [-0.2, -0.15) is 0 Å². The molecule has 0 unspecified atom stereocenters. The fourth-order valence-electron chi connectivity index (χ4n) is 2.39. The fourth-order valence-corrected chi connectivity index (χ4v) is 2.63. The van der Waals surface area contributed by atoms with Crippen LogP contribution in [-0.4, -0.2) is 25.1 Å². The Kier molecular flexibility index (Phi) is 3.25. The average molecular weight is 269 g/mol. The summed E-state index contributed by atoms with van der Waals surface area (Å²) >= 11 is 6.14. The first kappa shape index (κ1) is 13.2. The molecule has 18 heavy (non-hydrogen) atoms. The van der Waals surface area contributed by atoms with Crippen molar-refractivity contribution >= 4 is 17.5 Å². The summed E-state index contributed by atoms with van der Waals surface area (Å²) in [6.45, 7) is 1.96. The lowest BCUT2D eigenvalue weighted by molar-refractivity contribution is -0.132. The summed E-state index contributed by atoms with van der Waals surface area (Å²) in [7, 11) is 3.15. The first-order valence-corrected chi connectivity index (χ1v) is 6.17. The van der Waals surface area contributed by atoms with Crippen LogP contribution in [0.4, 0.5) is 0 Å². The molecule has 0 saturated heterocycles. The molecule has 0 heterocycles. The van der Waals surface area contributed by atoms with Gasteiger partial charge in [0.15, 0.2) is 0 Å². The lowest BCUT2D eigenvalue weighted by Crippen LogP contribution is -2.41. The van der Waals surface area contributed by atoms with E-state index in [1.54, 1.807) is 14.2 Å². The number of nitrogens with zero attached hydrogens (tertiary/aromatic N) is 1. The second-order valence-electron chi connectivity index (χ2n) is 4.80. The second kappa shape index (κ2) is 4.44. The van der Waals surface area contributed by atoms with Gasteiger partial charge < -0.3 is 4.74 Å². The highest BCUT2D eigenvalue weighted by atomic mass is 35.5. The summed E-state index contributed by atoms with van der Waals surface area (Å²) in [5.74, 6) is 6.13. The predicted molar refractivity (Wildman–Crippen MR) is 70.6 cm³/mol. The van der Waals surface area contributed by atoms with E-state index >= 15 is 0 Å². The highest BCUT2D eigenvalue weighted by Gasteiger charge is 2.53. The van der Waals surface area contributed by atoms with E-state index in [9.17, 15) is 4.79 Å². The number of hydrogen-bond acceptors (Lipinski definition) is 3. The second-order valence-corrected chi connectivity index (χ2v) is 5.21. The molecule has 0 aliphatic heterocycles. The van der Waals surface area contributed by atoms with Crippen LogP contribution in [0.5, 0.6) is 5.75 Å². The van der Waals surface area contributed by atoms with E-state index in [0.29, 0.717) is 10.8 Å². The van der Waals surface area contributed by atoms with Crippen molar-refractivity contribution in [3.05, 3.63) is 28.3 Å². The van der Waals surface area contributed by atoms with Crippen molar-refractivity contribution in [3.63, 3.8) is 0 Å². The van der Waals surface area contributed by atoms with E-state index in [1.807, 2.05) is 19.1 Å². The van der Waals surface area contributed by atoms with Crippen molar-refractivity contribution in [1.29, 1.82) is 0 Å². The molecule has 5 heteroatoms. The van der Waals surface area contributed by atoms with Gasteiger partial charge in [0.05, 0.1) is 17.5 Å². The predicted octanol–water partition coefficient (Wildman–Crippen LogP) is 2.02. The Labute approximate surface area is 112 Å². The van der Waals surface area contributed by atoms with Crippen LogP contribution in [0, 0.1) is 6.92 Å². The van der Waals surface area contributed by atoms with Gasteiger partial charge >= 0.3 is 0 Å². The van der Waals surface area contributed by atoms with E-state index in [-0.39, 0.29) is 5.91 Å².